The standard InChI is InChI=1S/C12H13N5/c1-8(9-4-3-6-15-11(9)13)10-5-7-16-12(14-2)17-10/h3-7H,1H2,2H3,(H2,13,15)(H,14,16,17). The van der Waals surface area contributed by atoms with Gasteiger partial charge < -0.3 is 11.1 Å². The number of hydrogen-bond acceptors (Lipinski definition) is 5. The summed E-state index contributed by atoms with van der Waals surface area (Å²) in [6.45, 7) is 3.99. The van der Waals surface area contributed by atoms with E-state index in [9.17, 15) is 0 Å². The highest BCUT2D eigenvalue weighted by atomic mass is 15.1. The highest BCUT2D eigenvalue weighted by Gasteiger charge is 2.08. The fourth-order valence-electron chi connectivity index (χ4n) is 1.46. The smallest absolute Gasteiger partial charge is 0.222 e. The Hall–Kier alpha value is -2.43. The molecule has 0 bridgehead atoms. The lowest BCUT2D eigenvalue weighted by atomic mass is 10.1. The third-order valence-electron chi connectivity index (χ3n) is 2.35. The molecule has 0 radical (unpaired) electrons. The van der Waals surface area contributed by atoms with Gasteiger partial charge in [0.05, 0.1) is 5.69 Å². The first kappa shape index (κ1) is 11.1. The SMILES string of the molecule is C=C(c1ccnc(NC)n1)c1cccnc1N. The summed E-state index contributed by atoms with van der Waals surface area (Å²) in [5, 5.41) is 2.88. The van der Waals surface area contributed by atoms with Crippen molar-refractivity contribution >= 4 is 17.3 Å². The van der Waals surface area contributed by atoms with Crippen molar-refractivity contribution in [2.75, 3.05) is 18.1 Å². The van der Waals surface area contributed by atoms with Gasteiger partial charge in [-0.05, 0) is 18.2 Å². The minimum atomic E-state index is 0.446. The molecule has 0 atom stereocenters. The molecule has 0 aliphatic rings. The molecule has 0 aromatic carbocycles. The third-order valence-corrected chi connectivity index (χ3v) is 2.35. The van der Waals surface area contributed by atoms with Crippen LogP contribution in [0.15, 0.2) is 37.2 Å². The molecule has 2 aromatic rings. The van der Waals surface area contributed by atoms with Gasteiger partial charge in [0, 0.05) is 30.6 Å². The van der Waals surface area contributed by atoms with Crippen molar-refractivity contribution in [1.29, 1.82) is 0 Å². The van der Waals surface area contributed by atoms with Crippen LogP contribution in [-0.4, -0.2) is 22.0 Å². The van der Waals surface area contributed by atoms with Crippen LogP contribution in [-0.2, 0) is 0 Å². The van der Waals surface area contributed by atoms with Crippen molar-refractivity contribution < 1.29 is 0 Å². The molecule has 0 aliphatic heterocycles. The van der Waals surface area contributed by atoms with Crippen molar-refractivity contribution in [1.82, 2.24) is 15.0 Å². The van der Waals surface area contributed by atoms with Gasteiger partial charge in [-0.15, -0.1) is 0 Å². The zero-order valence-corrected chi connectivity index (χ0v) is 9.51. The molecule has 17 heavy (non-hydrogen) atoms. The Kier molecular flexibility index (Phi) is 3.00. The largest absolute Gasteiger partial charge is 0.383 e. The zero-order chi connectivity index (χ0) is 12.3. The van der Waals surface area contributed by atoms with Crippen LogP contribution < -0.4 is 11.1 Å². The van der Waals surface area contributed by atoms with E-state index in [1.807, 2.05) is 12.1 Å². The van der Waals surface area contributed by atoms with Crippen LogP contribution in [0.4, 0.5) is 11.8 Å². The van der Waals surface area contributed by atoms with Crippen LogP contribution in [0.25, 0.3) is 5.57 Å². The maximum absolute atomic E-state index is 5.80. The molecule has 0 spiro atoms. The first-order valence-corrected chi connectivity index (χ1v) is 5.13. The van der Waals surface area contributed by atoms with Crippen LogP contribution in [0.2, 0.25) is 0 Å². The first-order chi connectivity index (χ1) is 8.22. The van der Waals surface area contributed by atoms with Crippen molar-refractivity contribution in [3.63, 3.8) is 0 Å². The number of nitrogens with zero attached hydrogens (tertiary/aromatic N) is 3. The van der Waals surface area contributed by atoms with Gasteiger partial charge in [-0.25, -0.2) is 15.0 Å². The van der Waals surface area contributed by atoms with E-state index in [0.29, 0.717) is 11.8 Å². The van der Waals surface area contributed by atoms with Crippen LogP contribution in [0.1, 0.15) is 11.3 Å². The molecule has 0 saturated heterocycles. The van der Waals surface area contributed by atoms with Crippen molar-refractivity contribution in [3.8, 4) is 0 Å². The van der Waals surface area contributed by atoms with Crippen LogP contribution >= 0.6 is 0 Å². The molecule has 0 aliphatic carbocycles. The van der Waals surface area contributed by atoms with Gasteiger partial charge in [-0.2, -0.15) is 0 Å². The second-order valence-electron chi connectivity index (χ2n) is 3.43. The van der Waals surface area contributed by atoms with Gasteiger partial charge in [0.2, 0.25) is 5.95 Å². The average molecular weight is 227 g/mol. The molecule has 0 amide bonds. The fourth-order valence-corrected chi connectivity index (χ4v) is 1.46. The predicted molar refractivity (Wildman–Crippen MR) is 68.4 cm³/mol. The summed E-state index contributed by atoms with van der Waals surface area (Å²) in [6.07, 6.45) is 3.32. The molecular formula is C12H13N5. The van der Waals surface area contributed by atoms with Crippen molar-refractivity contribution in [2.45, 2.75) is 0 Å². The van der Waals surface area contributed by atoms with Crippen LogP contribution in [0, 0.1) is 0 Å². The normalized spacial score (nSPS) is 9.94. The topological polar surface area (TPSA) is 76.7 Å². The fraction of sp³-hybridized carbons (Fsp3) is 0.0833. The lowest BCUT2D eigenvalue weighted by Crippen LogP contribution is -2.01. The van der Waals surface area contributed by atoms with E-state index in [4.69, 9.17) is 5.73 Å². The number of nitrogens with one attached hydrogen (secondary N) is 1. The molecule has 3 N–H and O–H groups in total. The Bertz CT molecular complexity index is 550. The first-order valence-electron chi connectivity index (χ1n) is 5.13. The maximum Gasteiger partial charge on any atom is 0.222 e. The Balaban J connectivity index is 2.40. The van der Waals surface area contributed by atoms with Gasteiger partial charge in [-0.1, -0.05) is 6.58 Å². The minimum Gasteiger partial charge on any atom is -0.383 e. The zero-order valence-electron chi connectivity index (χ0n) is 9.51. The van der Waals surface area contributed by atoms with Gasteiger partial charge in [0.1, 0.15) is 5.82 Å². The van der Waals surface area contributed by atoms with E-state index < -0.39 is 0 Å². The molecule has 0 unspecified atom stereocenters. The lowest BCUT2D eigenvalue weighted by molar-refractivity contribution is 1.13. The van der Waals surface area contributed by atoms with E-state index in [1.54, 1.807) is 25.5 Å². The van der Waals surface area contributed by atoms with E-state index in [2.05, 4.69) is 26.8 Å². The number of nitrogens with two attached hydrogens (primary N) is 1. The summed E-state index contributed by atoms with van der Waals surface area (Å²) in [5.74, 6) is 0.994. The Morgan fingerprint density at radius 1 is 1.29 bits per heavy atom. The second kappa shape index (κ2) is 4.61. The maximum atomic E-state index is 5.80. The number of pyridine rings is 1. The van der Waals surface area contributed by atoms with E-state index in [0.717, 1.165) is 16.8 Å². The highest BCUT2D eigenvalue weighted by Crippen LogP contribution is 2.23. The number of nitrogen functional groups attached to an aromatic ring is 1. The summed E-state index contributed by atoms with van der Waals surface area (Å²) in [4.78, 5) is 12.4. The van der Waals surface area contributed by atoms with E-state index in [1.165, 1.54) is 0 Å². The minimum absolute atomic E-state index is 0.446. The van der Waals surface area contributed by atoms with Gasteiger partial charge >= 0.3 is 0 Å². The Morgan fingerprint density at radius 3 is 2.82 bits per heavy atom. The molecular weight excluding hydrogens is 214 g/mol. The second-order valence-corrected chi connectivity index (χ2v) is 3.43. The van der Waals surface area contributed by atoms with Crippen molar-refractivity contribution in [2.24, 2.45) is 0 Å². The molecule has 2 aromatic heterocycles. The number of anilines is 2. The lowest BCUT2D eigenvalue weighted by Gasteiger charge is -2.08. The van der Waals surface area contributed by atoms with Gasteiger partial charge in [0.25, 0.3) is 0 Å². The van der Waals surface area contributed by atoms with E-state index >= 15 is 0 Å². The summed E-state index contributed by atoms with van der Waals surface area (Å²) in [5.41, 5.74) is 8.04. The Morgan fingerprint density at radius 2 is 2.12 bits per heavy atom. The summed E-state index contributed by atoms with van der Waals surface area (Å²) >= 11 is 0. The van der Waals surface area contributed by atoms with Crippen LogP contribution in [0.5, 0.6) is 0 Å². The number of rotatable bonds is 3. The third kappa shape index (κ3) is 2.23. The molecule has 0 saturated carbocycles. The van der Waals surface area contributed by atoms with Gasteiger partial charge in [0.15, 0.2) is 0 Å². The molecule has 2 rings (SSSR count). The highest BCUT2D eigenvalue weighted by molar-refractivity contribution is 5.81. The molecule has 5 heteroatoms. The van der Waals surface area contributed by atoms with Gasteiger partial charge in [-0.3, -0.25) is 0 Å². The summed E-state index contributed by atoms with van der Waals surface area (Å²) < 4.78 is 0. The predicted octanol–water partition coefficient (Wildman–Crippen LogP) is 1.56. The molecule has 5 nitrogen and oxygen atoms in total. The monoisotopic (exact) mass is 227 g/mol. The molecule has 2 heterocycles. The molecule has 0 fully saturated rings. The number of hydrogen-bond donors (Lipinski definition) is 2. The van der Waals surface area contributed by atoms with Crippen molar-refractivity contribution in [3.05, 3.63) is 48.4 Å². The average Bonchev–Trinajstić information content (AvgIpc) is 2.38. The van der Waals surface area contributed by atoms with E-state index in [-0.39, 0.29) is 0 Å². The molecule has 86 valence electrons. The summed E-state index contributed by atoms with van der Waals surface area (Å²) in [6, 6.07) is 5.47. The Labute approximate surface area is 99.4 Å². The summed E-state index contributed by atoms with van der Waals surface area (Å²) in [7, 11) is 1.76. The van der Waals surface area contributed by atoms with Crippen LogP contribution in [0.3, 0.4) is 0 Å². The quantitative estimate of drug-likeness (QED) is 0.832. The number of aromatic nitrogens is 3.